The lowest BCUT2D eigenvalue weighted by Gasteiger charge is -2.18. The molecule has 2 atom stereocenters. The van der Waals surface area contributed by atoms with Gasteiger partial charge in [-0.25, -0.2) is 4.79 Å². The van der Waals surface area contributed by atoms with Gasteiger partial charge in [0.05, 0.1) is 0 Å². The molecule has 6 heteroatoms. The van der Waals surface area contributed by atoms with Gasteiger partial charge in [0.1, 0.15) is 6.10 Å². The van der Waals surface area contributed by atoms with Crippen LogP contribution in [0, 0.1) is 13.8 Å². The van der Waals surface area contributed by atoms with Crippen LogP contribution in [0.15, 0.2) is 42.5 Å². The summed E-state index contributed by atoms with van der Waals surface area (Å²) in [5.41, 5.74) is 15.9. The number of benzene rings is 2. The molecule has 0 radical (unpaired) electrons. The van der Waals surface area contributed by atoms with Crippen molar-refractivity contribution >= 4 is 12.0 Å². The standard InChI is InChI=1S/C21H27N3O3/c1-13-9-17(20(23)25)10-14(2)19(13)11-18(22)12-24-21(26)27-15(3)16-7-5-4-6-8-16/h4-10,15,18H,11-12,22H2,1-3H3,(H2,23,25)(H,24,26). The number of ether oxygens (including phenoxy) is 1. The number of aryl methyl sites for hydroxylation is 2. The average molecular weight is 369 g/mol. The molecule has 2 rings (SSSR count). The lowest BCUT2D eigenvalue weighted by atomic mass is 9.94. The number of hydrogen-bond acceptors (Lipinski definition) is 4. The lowest BCUT2D eigenvalue weighted by Crippen LogP contribution is -2.39. The highest BCUT2D eigenvalue weighted by atomic mass is 16.6. The Hall–Kier alpha value is -2.86. The second-order valence-electron chi connectivity index (χ2n) is 6.76. The molecule has 6 nitrogen and oxygen atoms in total. The fourth-order valence-corrected chi connectivity index (χ4v) is 3.00. The van der Waals surface area contributed by atoms with Gasteiger partial charge in [0.2, 0.25) is 5.91 Å². The summed E-state index contributed by atoms with van der Waals surface area (Å²) in [5.74, 6) is -0.450. The van der Waals surface area contributed by atoms with E-state index in [1.165, 1.54) is 0 Å². The van der Waals surface area contributed by atoms with E-state index < -0.39 is 12.0 Å². The smallest absolute Gasteiger partial charge is 0.407 e. The van der Waals surface area contributed by atoms with Crippen LogP contribution >= 0.6 is 0 Å². The number of alkyl carbamates (subject to hydrolysis) is 1. The van der Waals surface area contributed by atoms with Gasteiger partial charge in [-0.1, -0.05) is 30.3 Å². The first kappa shape index (κ1) is 20.5. The Morgan fingerprint density at radius 3 is 2.26 bits per heavy atom. The largest absolute Gasteiger partial charge is 0.442 e. The molecule has 2 amide bonds. The van der Waals surface area contributed by atoms with Crippen molar-refractivity contribution < 1.29 is 14.3 Å². The number of carbonyl (C=O) groups excluding carboxylic acids is 2. The molecule has 0 spiro atoms. The monoisotopic (exact) mass is 369 g/mol. The maximum absolute atomic E-state index is 12.0. The Kier molecular flexibility index (Phi) is 6.96. The third kappa shape index (κ3) is 5.82. The summed E-state index contributed by atoms with van der Waals surface area (Å²) in [7, 11) is 0. The molecule has 0 saturated carbocycles. The zero-order chi connectivity index (χ0) is 20.0. The Labute approximate surface area is 159 Å². The molecule has 5 N–H and O–H groups in total. The molecule has 0 bridgehead atoms. The van der Waals surface area contributed by atoms with Crippen molar-refractivity contribution in [2.24, 2.45) is 11.5 Å². The Morgan fingerprint density at radius 1 is 1.11 bits per heavy atom. The van der Waals surface area contributed by atoms with Crippen LogP contribution in [-0.4, -0.2) is 24.6 Å². The van der Waals surface area contributed by atoms with Gasteiger partial charge in [0.15, 0.2) is 0 Å². The predicted octanol–water partition coefficient (Wildman–Crippen LogP) is 2.76. The average Bonchev–Trinajstić information content (AvgIpc) is 2.63. The van der Waals surface area contributed by atoms with Crippen LogP contribution in [-0.2, 0) is 11.2 Å². The first-order chi connectivity index (χ1) is 12.8. The van der Waals surface area contributed by atoms with Crippen LogP contribution < -0.4 is 16.8 Å². The van der Waals surface area contributed by atoms with E-state index in [0.717, 1.165) is 22.3 Å². The fraction of sp³-hybridized carbons (Fsp3) is 0.333. The summed E-state index contributed by atoms with van der Waals surface area (Å²) in [4.78, 5) is 23.3. The van der Waals surface area contributed by atoms with E-state index in [1.54, 1.807) is 12.1 Å². The number of nitrogens with one attached hydrogen (secondary N) is 1. The first-order valence-corrected chi connectivity index (χ1v) is 8.93. The molecule has 27 heavy (non-hydrogen) atoms. The van der Waals surface area contributed by atoms with E-state index in [2.05, 4.69) is 5.32 Å². The second kappa shape index (κ2) is 9.19. The molecule has 0 aliphatic rings. The molecule has 0 aromatic heterocycles. The Bertz CT molecular complexity index is 783. The minimum atomic E-state index is -0.501. The number of rotatable bonds is 7. The number of nitrogens with two attached hydrogens (primary N) is 2. The highest BCUT2D eigenvalue weighted by molar-refractivity contribution is 5.93. The van der Waals surface area contributed by atoms with Crippen molar-refractivity contribution in [3.05, 3.63) is 70.3 Å². The van der Waals surface area contributed by atoms with E-state index in [-0.39, 0.29) is 18.7 Å². The van der Waals surface area contributed by atoms with Gasteiger partial charge in [-0.3, -0.25) is 4.79 Å². The highest BCUT2D eigenvalue weighted by Crippen LogP contribution is 2.18. The van der Waals surface area contributed by atoms with Gasteiger partial charge in [0, 0.05) is 18.2 Å². The molecule has 2 aromatic rings. The molecule has 2 unspecified atom stereocenters. The normalized spacial score (nSPS) is 12.9. The quantitative estimate of drug-likeness (QED) is 0.697. The van der Waals surface area contributed by atoms with Crippen molar-refractivity contribution in [3.8, 4) is 0 Å². The third-order valence-corrected chi connectivity index (χ3v) is 4.51. The number of carbonyl (C=O) groups is 2. The van der Waals surface area contributed by atoms with Crippen LogP contribution in [0.3, 0.4) is 0 Å². The molecule has 2 aromatic carbocycles. The van der Waals surface area contributed by atoms with Crippen LogP contribution in [0.4, 0.5) is 4.79 Å². The minimum absolute atomic E-state index is 0.276. The summed E-state index contributed by atoms with van der Waals surface area (Å²) in [6, 6.07) is 12.8. The van der Waals surface area contributed by atoms with Crippen molar-refractivity contribution in [1.29, 1.82) is 0 Å². The second-order valence-corrected chi connectivity index (χ2v) is 6.76. The number of primary amides is 1. The molecule has 0 fully saturated rings. The van der Waals surface area contributed by atoms with Gasteiger partial charge < -0.3 is 21.5 Å². The summed E-state index contributed by atoms with van der Waals surface area (Å²) in [6.45, 7) is 5.95. The number of amides is 2. The van der Waals surface area contributed by atoms with E-state index in [9.17, 15) is 9.59 Å². The molecule has 0 aliphatic heterocycles. The molecular weight excluding hydrogens is 342 g/mol. The molecule has 144 valence electrons. The molecule has 0 saturated heterocycles. The predicted molar refractivity (Wildman–Crippen MR) is 105 cm³/mol. The maximum Gasteiger partial charge on any atom is 0.407 e. The van der Waals surface area contributed by atoms with E-state index >= 15 is 0 Å². The summed E-state index contributed by atoms with van der Waals surface area (Å²) in [6.07, 6.45) is -0.266. The van der Waals surface area contributed by atoms with Gasteiger partial charge in [-0.05, 0) is 61.6 Å². The zero-order valence-electron chi connectivity index (χ0n) is 16.0. The highest BCUT2D eigenvalue weighted by Gasteiger charge is 2.15. The molecular formula is C21H27N3O3. The van der Waals surface area contributed by atoms with Crippen LogP contribution in [0.2, 0.25) is 0 Å². The topological polar surface area (TPSA) is 107 Å². The van der Waals surface area contributed by atoms with Crippen molar-refractivity contribution in [3.63, 3.8) is 0 Å². The van der Waals surface area contributed by atoms with Gasteiger partial charge >= 0.3 is 6.09 Å². The minimum Gasteiger partial charge on any atom is -0.442 e. The van der Waals surface area contributed by atoms with Crippen molar-refractivity contribution in [1.82, 2.24) is 5.32 Å². The SMILES string of the molecule is Cc1cc(C(N)=O)cc(C)c1CC(N)CNC(=O)OC(C)c1ccccc1. The zero-order valence-corrected chi connectivity index (χ0v) is 16.0. The van der Waals surface area contributed by atoms with Gasteiger partial charge in [0.25, 0.3) is 0 Å². The summed E-state index contributed by atoms with van der Waals surface area (Å²) >= 11 is 0. The molecule has 0 aliphatic carbocycles. The van der Waals surface area contributed by atoms with E-state index in [1.807, 2.05) is 51.1 Å². The van der Waals surface area contributed by atoms with Gasteiger partial charge in [-0.15, -0.1) is 0 Å². The number of hydrogen-bond donors (Lipinski definition) is 3. The van der Waals surface area contributed by atoms with E-state index in [0.29, 0.717) is 12.0 Å². The van der Waals surface area contributed by atoms with Crippen LogP contribution in [0.25, 0.3) is 0 Å². The van der Waals surface area contributed by atoms with Crippen molar-refractivity contribution in [2.45, 2.75) is 39.3 Å². The summed E-state index contributed by atoms with van der Waals surface area (Å²) < 4.78 is 5.37. The Balaban J connectivity index is 1.88. The van der Waals surface area contributed by atoms with Crippen LogP contribution in [0.5, 0.6) is 0 Å². The maximum atomic E-state index is 12.0. The first-order valence-electron chi connectivity index (χ1n) is 8.93. The summed E-state index contributed by atoms with van der Waals surface area (Å²) in [5, 5.41) is 2.71. The van der Waals surface area contributed by atoms with E-state index in [4.69, 9.17) is 16.2 Å². The van der Waals surface area contributed by atoms with Crippen molar-refractivity contribution in [2.75, 3.05) is 6.54 Å². The Morgan fingerprint density at radius 2 is 1.70 bits per heavy atom. The fourth-order valence-electron chi connectivity index (χ4n) is 3.00. The third-order valence-electron chi connectivity index (χ3n) is 4.51. The van der Waals surface area contributed by atoms with Crippen LogP contribution in [0.1, 0.15) is 45.6 Å². The molecule has 0 heterocycles. The van der Waals surface area contributed by atoms with Gasteiger partial charge in [-0.2, -0.15) is 0 Å². The lowest BCUT2D eigenvalue weighted by molar-refractivity contribution is 0.0999.